The van der Waals surface area contributed by atoms with Gasteiger partial charge in [0.2, 0.25) is 5.95 Å². The van der Waals surface area contributed by atoms with Crippen molar-refractivity contribution in [3.05, 3.63) is 80.4 Å². The number of anilines is 1. The summed E-state index contributed by atoms with van der Waals surface area (Å²) in [5.74, 6) is -0.298. The van der Waals surface area contributed by atoms with Crippen molar-refractivity contribution in [2.45, 2.75) is 26.3 Å². The van der Waals surface area contributed by atoms with Crippen molar-refractivity contribution in [3.8, 4) is 6.07 Å². The van der Waals surface area contributed by atoms with E-state index in [0.29, 0.717) is 17.5 Å². The molecular formula is C21H20ClN5O2. The van der Waals surface area contributed by atoms with Crippen LogP contribution in [0.25, 0.3) is 0 Å². The average Bonchev–Trinajstić information content (AvgIpc) is 2.72. The number of aromatic nitrogens is 2. The van der Waals surface area contributed by atoms with Gasteiger partial charge < -0.3 is 15.2 Å². The molecule has 7 nitrogen and oxygen atoms in total. The first kappa shape index (κ1) is 20.4. The zero-order chi connectivity index (χ0) is 20.8. The summed E-state index contributed by atoms with van der Waals surface area (Å²) in [5, 5.41) is 14.9. The van der Waals surface area contributed by atoms with E-state index in [2.05, 4.69) is 15.6 Å². The van der Waals surface area contributed by atoms with Crippen molar-refractivity contribution >= 4 is 23.5 Å². The number of allylic oxidation sites excluding steroid dienone is 4. The summed E-state index contributed by atoms with van der Waals surface area (Å²) in [7, 11) is 0. The number of hydrogen-bond donors (Lipinski definition) is 2. The molecule has 0 bridgehead atoms. The van der Waals surface area contributed by atoms with E-state index in [4.69, 9.17) is 16.9 Å². The molecular weight excluding hydrogens is 390 g/mol. The fourth-order valence-electron chi connectivity index (χ4n) is 2.98. The van der Waals surface area contributed by atoms with E-state index in [-0.39, 0.29) is 12.1 Å². The first-order valence-electron chi connectivity index (χ1n) is 9.13. The maximum absolute atomic E-state index is 12.5. The molecule has 0 spiro atoms. The van der Waals surface area contributed by atoms with Crippen LogP contribution in [0.15, 0.2) is 63.7 Å². The van der Waals surface area contributed by atoms with Crippen LogP contribution in [0, 0.1) is 11.3 Å². The number of nitrogens with zero attached hydrogens (tertiary/aromatic N) is 3. The van der Waals surface area contributed by atoms with E-state index in [1.54, 1.807) is 4.57 Å². The Morgan fingerprint density at radius 3 is 2.83 bits per heavy atom. The highest BCUT2D eigenvalue weighted by Gasteiger charge is 2.18. The van der Waals surface area contributed by atoms with E-state index in [0.717, 1.165) is 29.7 Å². The topological polar surface area (TPSA) is 99.8 Å². The minimum Gasteiger partial charge on any atom is -0.339 e. The molecule has 0 unspecified atom stereocenters. The Labute approximate surface area is 173 Å². The Kier molecular flexibility index (Phi) is 6.47. The molecule has 0 saturated carbocycles. The van der Waals surface area contributed by atoms with Crippen LogP contribution in [0.4, 0.5) is 5.95 Å². The minimum absolute atomic E-state index is 0.117. The highest BCUT2D eigenvalue weighted by molar-refractivity contribution is 6.32. The van der Waals surface area contributed by atoms with Gasteiger partial charge in [0.05, 0.1) is 12.6 Å². The number of amides is 1. The van der Waals surface area contributed by atoms with Gasteiger partial charge in [-0.05, 0) is 30.9 Å². The molecule has 0 atom stereocenters. The number of benzene rings is 1. The predicted molar refractivity (Wildman–Crippen MR) is 111 cm³/mol. The van der Waals surface area contributed by atoms with Crippen molar-refractivity contribution in [1.29, 1.82) is 5.26 Å². The normalized spacial score (nSPS) is 13.5. The largest absolute Gasteiger partial charge is 0.339 e. The van der Waals surface area contributed by atoms with Crippen LogP contribution < -0.4 is 16.2 Å². The summed E-state index contributed by atoms with van der Waals surface area (Å²) >= 11 is 6.24. The minimum atomic E-state index is -0.664. The summed E-state index contributed by atoms with van der Waals surface area (Å²) in [6.07, 6.45) is 4.95. The zero-order valence-corrected chi connectivity index (χ0v) is 16.7. The fraction of sp³-hybridized carbons (Fsp3) is 0.238. The molecule has 1 amide bonds. The Morgan fingerprint density at radius 2 is 2.10 bits per heavy atom. The van der Waals surface area contributed by atoms with Crippen LogP contribution in [-0.2, 0) is 6.54 Å². The standard InChI is InChI=1S/C21H20ClN5O2/c1-14-17(22)8-5-9-18(14)25-21-26-20(29)16(19(28)24-11-10-23)13-27(21)12-15-6-3-2-4-7-15/h2-4,6-8,13H,5,9,11-12H2,1H3,(H,24,28)(H,25,26,29). The lowest BCUT2D eigenvalue weighted by Crippen LogP contribution is -2.32. The van der Waals surface area contributed by atoms with Crippen molar-refractivity contribution < 1.29 is 4.79 Å². The van der Waals surface area contributed by atoms with Crippen LogP contribution in [0.1, 0.15) is 35.7 Å². The molecule has 1 aliphatic carbocycles. The van der Waals surface area contributed by atoms with Gasteiger partial charge in [0, 0.05) is 16.9 Å². The summed E-state index contributed by atoms with van der Waals surface area (Å²) in [6.45, 7) is 2.13. The SMILES string of the molecule is CC1=C(Nc2nc(=O)c(C(=O)NCC#N)cn2Cc2ccccc2)CCC=C1Cl. The van der Waals surface area contributed by atoms with Gasteiger partial charge in [-0.2, -0.15) is 10.2 Å². The van der Waals surface area contributed by atoms with Gasteiger partial charge >= 0.3 is 0 Å². The number of nitrogens with one attached hydrogen (secondary N) is 2. The van der Waals surface area contributed by atoms with Gasteiger partial charge in [-0.3, -0.25) is 9.59 Å². The van der Waals surface area contributed by atoms with E-state index in [1.807, 2.05) is 49.4 Å². The van der Waals surface area contributed by atoms with Gasteiger partial charge in [-0.15, -0.1) is 0 Å². The lowest BCUT2D eigenvalue weighted by molar-refractivity contribution is 0.0956. The molecule has 1 heterocycles. The van der Waals surface area contributed by atoms with E-state index < -0.39 is 11.5 Å². The average molecular weight is 410 g/mol. The number of hydrogen-bond acceptors (Lipinski definition) is 5. The van der Waals surface area contributed by atoms with Crippen LogP contribution in [0.3, 0.4) is 0 Å². The fourth-order valence-corrected chi connectivity index (χ4v) is 3.21. The first-order valence-corrected chi connectivity index (χ1v) is 9.50. The molecule has 1 aromatic heterocycles. The molecule has 0 fully saturated rings. The van der Waals surface area contributed by atoms with Crippen molar-refractivity contribution in [2.24, 2.45) is 0 Å². The summed E-state index contributed by atoms with van der Waals surface area (Å²) in [6, 6.07) is 11.5. The molecule has 0 radical (unpaired) electrons. The molecule has 3 rings (SSSR count). The molecule has 2 N–H and O–H groups in total. The van der Waals surface area contributed by atoms with Gasteiger partial charge in [-0.1, -0.05) is 48.0 Å². The zero-order valence-electron chi connectivity index (χ0n) is 15.9. The third-order valence-electron chi connectivity index (χ3n) is 4.55. The maximum Gasteiger partial charge on any atom is 0.287 e. The number of nitriles is 1. The number of halogens is 1. The highest BCUT2D eigenvalue weighted by Crippen LogP contribution is 2.28. The molecule has 29 heavy (non-hydrogen) atoms. The quantitative estimate of drug-likeness (QED) is 0.714. The predicted octanol–water partition coefficient (Wildman–Crippen LogP) is 3.15. The monoisotopic (exact) mass is 409 g/mol. The molecule has 2 aromatic rings. The van der Waals surface area contributed by atoms with Gasteiger partial charge in [0.1, 0.15) is 12.1 Å². The number of carbonyl (C=O) groups excluding carboxylic acids is 1. The molecule has 0 aliphatic heterocycles. The van der Waals surface area contributed by atoms with Gasteiger partial charge in [0.15, 0.2) is 0 Å². The second-order valence-electron chi connectivity index (χ2n) is 6.56. The van der Waals surface area contributed by atoms with Crippen molar-refractivity contribution in [1.82, 2.24) is 14.9 Å². The third kappa shape index (κ3) is 4.92. The number of carbonyl (C=O) groups is 1. The van der Waals surface area contributed by atoms with Crippen LogP contribution in [-0.4, -0.2) is 22.0 Å². The lowest BCUT2D eigenvalue weighted by Gasteiger charge is -2.20. The van der Waals surface area contributed by atoms with Crippen LogP contribution in [0.5, 0.6) is 0 Å². The van der Waals surface area contributed by atoms with Gasteiger partial charge in [0.25, 0.3) is 11.5 Å². The first-order chi connectivity index (χ1) is 14.0. The summed E-state index contributed by atoms with van der Waals surface area (Å²) in [4.78, 5) is 28.8. The molecule has 0 saturated heterocycles. The Bertz CT molecular complexity index is 1080. The van der Waals surface area contributed by atoms with E-state index in [9.17, 15) is 9.59 Å². The van der Waals surface area contributed by atoms with Gasteiger partial charge in [-0.25, -0.2) is 0 Å². The molecule has 8 heteroatoms. The van der Waals surface area contributed by atoms with Crippen molar-refractivity contribution in [2.75, 3.05) is 11.9 Å². The highest BCUT2D eigenvalue weighted by atomic mass is 35.5. The Morgan fingerprint density at radius 1 is 1.34 bits per heavy atom. The number of rotatable bonds is 6. The van der Waals surface area contributed by atoms with E-state index in [1.165, 1.54) is 6.20 Å². The molecule has 148 valence electrons. The Balaban J connectivity index is 2.02. The molecule has 1 aliphatic rings. The summed E-state index contributed by atoms with van der Waals surface area (Å²) < 4.78 is 1.71. The second-order valence-corrected chi connectivity index (χ2v) is 6.96. The molecule has 1 aromatic carbocycles. The van der Waals surface area contributed by atoms with Crippen molar-refractivity contribution in [3.63, 3.8) is 0 Å². The summed E-state index contributed by atoms with van der Waals surface area (Å²) in [5.41, 5.74) is 1.98. The van der Waals surface area contributed by atoms with Crippen LogP contribution >= 0.6 is 11.6 Å². The van der Waals surface area contributed by atoms with E-state index >= 15 is 0 Å². The smallest absolute Gasteiger partial charge is 0.287 e. The lowest BCUT2D eigenvalue weighted by atomic mass is 10.0. The maximum atomic E-state index is 12.5. The Hall–Kier alpha value is -3.37. The third-order valence-corrected chi connectivity index (χ3v) is 4.99. The second kappa shape index (κ2) is 9.22. The van der Waals surface area contributed by atoms with Crippen LogP contribution in [0.2, 0.25) is 0 Å².